The van der Waals surface area contributed by atoms with Crippen LogP contribution in [0.15, 0.2) is 52.9 Å². The molecular formula is C19H15F3N4O3S2. The highest BCUT2D eigenvalue weighted by molar-refractivity contribution is 8.00. The lowest BCUT2D eigenvalue weighted by Gasteiger charge is -2.08. The first-order valence-corrected chi connectivity index (χ1v) is 10.4. The highest BCUT2D eigenvalue weighted by Crippen LogP contribution is 2.30. The number of thioether (sulfide) groups is 1. The summed E-state index contributed by atoms with van der Waals surface area (Å²) >= 11 is 2.51. The molecule has 1 aromatic heterocycles. The number of nitrogens with one attached hydrogen (secondary N) is 2. The summed E-state index contributed by atoms with van der Waals surface area (Å²) in [6, 6.07) is 10.4. The van der Waals surface area contributed by atoms with Crippen molar-refractivity contribution in [2.24, 2.45) is 0 Å². The van der Waals surface area contributed by atoms with Gasteiger partial charge in [0.1, 0.15) is 0 Å². The van der Waals surface area contributed by atoms with Crippen LogP contribution in [0.1, 0.15) is 21.5 Å². The summed E-state index contributed by atoms with van der Waals surface area (Å²) in [5.41, 5.74) is 0.731. The first kappa shape index (κ1) is 22.6. The molecule has 0 spiro atoms. The van der Waals surface area contributed by atoms with Crippen LogP contribution in [0.2, 0.25) is 0 Å². The fourth-order valence-electron chi connectivity index (χ4n) is 2.37. The van der Waals surface area contributed by atoms with Crippen molar-refractivity contribution >= 4 is 45.9 Å². The number of benzene rings is 2. The van der Waals surface area contributed by atoms with E-state index in [9.17, 15) is 22.8 Å². The molecule has 0 saturated carbocycles. The van der Waals surface area contributed by atoms with Gasteiger partial charge < -0.3 is 10.1 Å². The summed E-state index contributed by atoms with van der Waals surface area (Å²) in [6.45, 7) is 0. The van der Waals surface area contributed by atoms with Crippen molar-refractivity contribution in [2.45, 2.75) is 16.3 Å². The molecule has 0 saturated heterocycles. The van der Waals surface area contributed by atoms with Crippen LogP contribution in [0, 0.1) is 0 Å². The minimum Gasteiger partial charge on any atom is -0.465 e. The molecule has 0 aliphatic carbocycles. The predicted molar refractivity (Wildman–Crippen MR) is 111 cm³/mol. The van der Waals surface area contributed by atoms with E-state index < -0.39 is 23.7 Å². The average Bonchev–Trinajstić information content (AvgIpc) is 3.18. The van der Waals surface area contributed by atoms with Gasteiger partial charge in [-0.15, -0.1) is 10.2 Å². The number of carbonyl (C=O) groups is 2. The van der Waals surface area contributed by atoms with Gasteiger partial charge in [-0.3, -0.25) is 5.32 Å². The normalized spacial score (nSPS) is 11.1. The summed E-state index contributed by atoms with van der Waals surface area (Å²) in [5, 5.41) is 13.0. The van der Waals surface area contributed by atoms with Crippen LogP contribution in [-0.2, 0) is 16.7 Å². The lowest BCUT2D eigenvalue weighted by molar-refractivity contribution is -0.137. The van der Waals surface area contributed by atoms with E-state index in [0.29, 0.717) is 15.7 Å². The summed E-state index contributed by atoms with van der Waals surface area (Å²) in [5.74, 6) is 0.102. The number of alkyl halides is 3. The Bertz CT molecular complexity index is 1070. The largest absolute Gasteiger partial charge is 0.465 e. The van der Waals surface area contributed by atoms with Crippen LogP contribution in [0.5, 0.6) is 0 Å². The zero-order chi connectivity index (χ0) is 22.4. The zero-order valence-corrected chi connectivity index (χ0v) is 17.5. The SMILES string of the molecule is COC(=O)c1cccc(CSc2nnc(NC(=O)Nc3ccc(C(F)(F)F)cc3)s2)c1. The van der Waals surface area contributed by atoms with Gasteiger partial charge in [-0.05, 0) is 42.0 Å². The Hall–Kier alpha value is -3.12. The number of carbonyl (C=O) groups excluding carboxylic acids is 2. The third kappa shape index (κ3) is 6.43. The first-order valence-electron chi connectivity index (χ1n) is 8.63. The van der Waals surface area contributed by atoms with Gasteiger partial charge in [0.15, 0.2) is 4.34 Å². The second-order valence-corrected chi connectivity index (χ2v) is 8.21. The molecule has 0 aliphatic heterocycles. The maximum Gasteiger partial charge on any atom is 0.416 e. The lowest BCUT2D eigenvalue weighted by Crippen LogP contribution is -2.19. The second-order valence-electron chi connectivity index (χ2n) is 6.01. The van der Waals surface area contributed by atoms with E-state index >= 15 is 0 Å². The van der Waals surface area contributed by atoms with Gasteiger partial charge in [-0.25, -0.2) is 9.59 Å². The van der Waals surface area contributed by atoms with Crippen LogP contribution in [-0.4, -0.2) is 29.3 Å². The predicted octanol–water partition coefficient (Wildman–Crippen LogP) is 5.28. The zero-order valence-electron chi connectivity index (χ0n) is 15.9. The van der Waals surface area contributed by atoms with E-state index in [4.69, 9.17) is 4.74 Å². The van der Waals surface area contributed by atoms with E-state index in [1.54, 1.807) is 18.2 Å². The smallest absolute Gasteiger partial charge is 0.416 e. The molecular weight excluding hydrogens is 453 g/mol. The third-order valence-corrected chi connectivity index (χ3v) is 5.85. The van der Waals surface area contributed by atoms with E-state index in [1.165, 1.54) is 18.9 Å². The van der Waals surface area contributed by atoms with Crippen LogP contribution in [0.4, 0.5) is 28.8 Å². The summed E-state index contributed by atoms with van der Waals surface area (Å²) in [6.07, 6.45) is -4.44. The molecule has 2 amide bonds. The molecule has 0 bridgehead atoms. The van der Waals surface area contributed by atoms with Gasteiger partial charge in [-0.2, -0.15) is 13.2 Å². The van der Waals surface area contributed by atoms with Crippen LogP contribution in [0.3, 0.4) is 0 Å². The van der Waals surface area contributed by atoms with Crippen molar-refractivity contribution in [3.05, 3.63) is 65.2 Å². The molecule has 2 N–H and O–H groups in total. The Morgan fingerprint density at radius 2 is 1.84 bits per heavy atom. The minimum absolute atomic E-state index is 0.204. The Balaban J connectivity index is 1.53. The fraction of sp³-hybridized carbons (Fsp3) is 0.158. The van der Waals surface area contributed by atoms with Crippen molar-refractivity contribution in [1.29, 1.82) is 0 Å². The standard InChI is InChI=1S/C19H15F3N4O3S2/c1-29-15(27)12-4-2-3-11(9-12)10-30-18-26-25-17(31-18)24-16(28)23-14-7-5-13(6-8-14)19(20,21)22/h2-9H,10H2,1H3,(H2,23,24,25,28). The molecule has 0 atom stereocenters. The van der Waals surface area contributed by atoms with Crippen molar-refractivity contribution in [1.82, 2.24) is 10.2 Å². The molecule has 0 aliphatic rings. The fourth-order valence-corrected chi connectivity index (χ4v) is 4.06. The average molecular weight is 468 g/mol. The number of amides is 2. The molecule has 3 rings (SSSR count). The maximum atomic E-state index is 12.6. The number of ether oxygens (including phenoxy) is 1. The van der Waals surface area contributed by atoms with Gasteiger partial charge >= 0.3 is 18.2 Å². The van der Waals surface area contributed by atoms with Gasteiger partial charge in [0.25, 0.3) is 0 Å². The number of aromatic nitrogens is 2. The van der Waals surface area contributed by atoms with Crippen molar-refractivity contribution in [2.75, 3.05) is 17.7 Å². The minimum atomic E-state index is -4.44. The molecule has 0 radical (unpaired) electrons. The Morgan fingerprint density at radius 1 is 1.10 bits per heavy atom. The van der Waals surface area contributed by atoms with Crippen molar-refractivity contribution in [3.8, 4) is 0 Å². The summed E-state index contributed by atoms with van der Waals surface area (Å²) in [7, 11) is 1.31. The van der Waals surface area contributed by atoms with Crippen molar-refractivity contribution in [3.63, 3.8) is 0 Å². The molecule has 0 unspecified atom stereocenters. The number of rotatable bonds is 6. The van der Waals surface area contributed by atoms with E-state index in [2.05, 4.69) is 20.8 Å². The number of anilines is 2. The molecule has 2 aromatic carbocycles. The Morgan fingerprint density at radius 3 is 2.52 bits per heavy atom. The van der Waals surface area contributed by atoms with E-state index in [1.807, 2.05) is 6.07 Å². The molecule has 1 heterocycles. The summed E-state index contributed by atoms with van der Waals surface area (Å²) < 4.78 is 43.0. The number of halogens is 3. The molecule has 162 valence electrons. The van der Waals surface area contributed by atoms with E-state index in [0.717, 1.165) is 41.2 Å². The Labute approximate surface area is 183 Å². The van der Waals surface area contributed by atoms with Gasteiger partial charge in [0, 0.05) is 11.4 Å². The molecule has 3 aromatic rings. The summed E-state index contributed by atoms with van der Waals surface area (Å²) in [4.78, 5) is 23.6. The highest BCUT2D eigenvalue weighted by Gasteiger charge is 2.30. The number of nitrogens with zero attached hydrogens (tertiary/aromatic N) is 2. The molecule has 0 fully saturated rings. The number of hydrogen-bond donors (Lipinski definition) is 2. The number of methoxy groups -OCH3 is 1. The number of urea groups is 1. The van der Waals surface area contributed by atoms with Gasteiger partial charge in [0.05, 0.1) is 18.2 Å². The van der Waals surface area contributed by atoms with Crippen LogP contribution < -0.4 is 10.6 Å². The maximum absolute atomic E-state index is 12.6. The van der Waals surface area contributed by atoms with Crippen LogP contribution in [0.25, 0.3) is 0 Å². The van der Waals surface area contributed by atoms with Crippen molar-refractivity contribution < 1.29 is 27.5 Å². The first-order chi connectivity index (χ1) is 14.7. The monoisotopic (exact) mass is 468 g/mol. The quantitative estimate of drug-likeness (QED) is 0.291. The topological polar surface area (TPSA) is 93.2 Å². The number of hydrogen-bond acceptors (Lipinski definition) is 7. The molecule has 12 heteroatoms. The highest BCUT2D eigenvalue weighted by atomic mass is 32.2. The van der Waals surface area contributed by atoms with Crippen LogP contribution >= 0.6 is 23.1 Å². The van der Waals surface area contributed by atoms with Gasteiger partial charge in [-0.1, -0.05) is 35.2 Å². The number of esters is 1. The second kappa shape index (κ2) is 9.79. The van der Waals surface area contributed by atoms with Gasteiger partial charge in [0.2, 0.25) is 5.13 Å². The lowest BCUT2D eigenvalue weighted by atomic mass is 10.1. The Kier molecular flexibility index (Phi) is 7.13. The molecule has 31 heavy (non-hydrogen) atoms. The molecule has 7 nitrogen and oxygen atoms in total. The third-order valence-electron chi connectivity index (χ3n) is 3.81. The van der Waals surface area contributed by atoms with E-state index in [-0.39, 0.29) is 10.8 Å².